The van der Waals surface area contributed by atoms with Gasteiger partial charge >= 0.3 is 0 Å². The van der Waals surface area contributed by atoms with Gasteiger partial charge in [0.25, 0.3) is 0 Å². The van der Waals surface area contributed by atoms with Crippen LogP contribution in [0.3, 0.4) is 0 Å². The summed E-state index contributed by atoms with van der Waals surface area (Å²) in [5.41, 5.74) is 4.21. The maximum Gasteiger partial charge on any atom is 0.123 e. The van der Waals surface area contributed by atoms with Gasteiger partial charge in [0.1, 0.15) is 5.67 Å². The normalized spacial score (nSPS) is 23.3. The maximum absolute atomic E-state index is 12.9. The summed E-state index contributed by atoms with van der Waals surface area (Å²) in [6.07, 6.45) is 3.41. The lowest BCUT2D eigenvalue weighted by atomic mass is 10.1. The third kappa shape index (κ3) is 2.11. The van der Waals surface area contributed by atoms with E-state index in [1.807, 2.05) is 0 Å². The molecule has 0 unspecified atom stereocenters. The zero-order valence-electron chi connectivity index (χ0n) is 5.40. The smallest absolute Gasteiger partial charge is 0.123 e. The van der Waals surface area contributed by atoms with Crippen LogP contribution in [-0.4, -0.2) is 12.2 Å². The van der Waals surface area contributed by atoms with Crippen LogP contribution in [0.2, 0.25) is 0 Å². The molecule has 0 aliphatic heterocycles. The van der Waals surface area contributed by atoms with Crippen molar-refractivity contribution in [1.29, 1.82) is 0 Å². The van der Waals surface area contributed by atoms with Crippen molar-refractivity contribution in [3.63, 3.8) is 0 Å². The van der Waals surface area contributed by atoms with Crippen LogP contribution in [0.15, 0.2) is 0 Å². The molecule has 1 fully saturated rings. The van der Waals surface area contributed by atoms with Gasteiger partial charge in [0.05, 0.1) is 0 Å². The Balaban J connectivity index is 0.000000640. The number of rotatable bonds is 1. The van der Waals surface area contributed by atoms with Crippen LogP contribution in [0.1, 0.15) is 25.7 Å². The summed E-state index contributed by atoms with van der Waals surface area (Å²) in [6.45, 7) is 0.215. The minimum atomic E-state index is -0.986. The molecule has 1 saturated carbocycles. The van der Waals surface area contributed by atoms with Crippen molar-refractivity contribution in [2.75, 3.05) is 6.54 Å². The number of halogens is 2. The lowest BCUT2D eigenvalue weighted by Crippen LogP contribution is -2.28. The van der Waals surface area contributed by atoms with Gasteiger partial charge in [-0.15, -0.1) is 12.4 Å². The Bertz CT molecular complexity index is 81.1. The molecular formula is C6H13ClFN. The molecule has 0 saturated heterocycles. The molecule has 9 heavy (non-hydrogen) atoms. The van der Waals surface area contributed by atoms with Crippen molar-refractivity contribution >= 4 is 12.4 Å². The van der Waals surface area contributed by atoms with Crippen LogP contribution >= 0.6 is 12.4 Å². The third-order valence-electron chi connectivity index (χ3n) is 1.87. The van der Waals surface area contributed by atoms with Crippen LogP contribution in [0.5, 0.6) is 0 Å². The fourth-order valence-electron chi connectivity index (χ4n) is 1.21. The topological polar surface area (TPSA) is 26.0 Å². The zero-order chi connectivity index (χ0) is 6.04. The molecule has 0 amide bonds. The summed E-state index contributed by atoms with van der Waals surface area (Å²) >= 11 is 0. The Morgan fingerprint density at radius 2 is 1.78 bits per heavy atom. The summed E-state index contributed by atoms with van der Waals surface area (Å²) in [5.74, 6) is 0. The van der Waals surface area contributed by atoms with Crippen LogP contribution < -0.4 is 5.73 Å². The van der Waals surface area contributed by atoms with E-state index >= 15 is 0 Å². The molecule has 0 spiro atoms. The highest BCUT2D eigenvalue weighted by atomic mass is 35.5. The first-order valence-electron chi connectivity index (χ1n) is 3.16. The van der Waals surface area contributed by atoms with Gasteiger partial charge in [-0.25, -0.2) is 4.39 Å². The fraction of sp³-hybridized carbons (Fsp3) is 1.00. The second kappa shape index (κ2) is 3.37. The summed E-state index contributed by atoms with van der Waals surface area (Å²) in [4.78, 5) is 0. The molecule has 1 nitrogen and oxygen atoms in total. The Kier molecular flexibility index (Phi) is 3.44. The highest BCUT2D eigenvalue weighted by molar-refractivity contribution is 5.85. The molecular weight excluding hydrogens is 141 g/mol. The maximum atomic E-state index is 12.9. The SMILES string of the molecule is Cl.NCC1(F)CCCC1. The minimum absolute atomic E-state index is 0. The Hall–Kier alpha value is 0.180. The third-order valence-corrected chi connectivity index (χ3v) is 1.87. The first kappa shape index (κ1) is 9.18. The molecule has 1 aliphatic carbocycles. The standard InChI is InChI=1S/C6H12FN.ClH/c7-6(5-8)3-1-2-4-6;/h1-5,8H2;1H. The van der Waals surface area contributed by atoms with E-state index in [4.69, 9.17) is 5.73 Å². The molecule has 1 rings (SSSR count). The summed E-state index contributed by atoms with van der Waals surface area (Å²) in [6, 6.07) is 0. The van der Waals surface area contributed by atoms with Gasteiger partial charge in [0.15, 0.2) is 0 Å². The fourth-order valence-corrected chi connectivity index (χ4v) is 1.21. The van der Waals surface area contributed by atoms with Crippen molar-refractivity contribution < 1.29 is 4.39 Å². The first-order valence-corrected chi connectivity index (χ1v) is 3.16. The summed E-state index contributed by atoms with van der Waals surface area (Å²) in [5, 5.41) is 0. The van der Waals surface area contributed by atoms with Crippen molar-refractivity contribution in [3.05, 3.63) is 0 Å². The number of hydrogen-bond donors (Lipinski definition) is 1. The summed E-state index contributed by atoms with van der Waals surface area (Å²) in [7, 11) is 0. The van der Waals surface area contributed by atoms with E-state index in [0.29, 0.717) is 12.8 Å². The first-order chi connectivity index (χ1) is 3.77. The van der Waals surface area contributed by atoms with Crippen molar-refractivity contribution in [2.45, 2.75) is 31.4 Å². The van der Waals surface area contributed by atoms with Gasteiger partial charge in [-0.2, -0.15) is 0 Å². The van der Waals surface area contributed by atoms with E-state index in [1.165, 1.54) is 0 Å². The zero-order valence-corrected chi connectivity index (χ0v) is 6.22. The second-order valence-electron chi connectivity index (χ2n) is 2.56. The highest BCUT2D eigenvalue weighted by Crippen LogP contribution is 2.31. The van der Waals surface area contributed by atoms with E-state index in [0.717, 1.165) is 12.8 Å². The van der Waals surface area contributed by atoms with Crippen LogP contribution in [0.25, 0.3) is 0 Å². The lowest BCUT2D eigenvalue weighted by Gasteiger charge is -2.14. The molecule has 3 heteroatoms. The van der Waals surface area contributed by atoms with E-state index in [1.54, 1.807) is 0 Å². The molecule has 0 aromatic heterocycles. The average molecular weight is 154 g/mol. The quantitative estimate of drug-likeness (QED) is 0.609. The molecule has 56 valence electrons. The van der Waals surface area contributed by atoms with Gasteiger partial charge in [0.2, 0.25) is 0 Å². The Labute approximate surface area is 61.2 Å². The van der Waals surface area contributed by atoms with Crippen LogP contribution in [-0.2, 0) is 0 Å². The van der Waals surface area contributed by atoms with Gasteiger partial charge in [0, 0.05) is 6.54 Å². The number of nitrogens with two attached hydrogens (primary N) is 1. The lowest BCUT2D eigenvalue weighted by molar-refractivity contribution is 0.183. The molecule has 0 heterocycles. The highest BCUT2D eigenvalue weighted by Gasteiger charge is 2.31. The molecule has 0 radical (unpaired) electrons. The monoisotopic (exact) mass is 153 g/mol. The van der Waals surface area contributed by atoms with Crippen molar-refractivity contribution in [2.24, 2.45) is 5.73 Å². The minimum Gasteiger partial charge on any atom is -0.328 e. The molecule has 0 atom stereocenters. The summed E-state index contributed by atoms with van der Waals surface area (Å²) < 4.78 is 12.9. The van der Waals surface area contributed by atoms with E-state index in [9.17, 15) is 4.39 Å². The van der Waals surface area contributed by atoms with Gasteiger partial charge in [-0.3, -0.25) is 0 Å². The van der Waals surface area contributed by atoms with E-state index in [-0.39, 0.29) is 19.0 Å². The van der Waals surface area contributed by atoms with E-state index in [2.05, 4.69) is 0 Å². The molecule has 2 N–H and O–H groups in total. The Morgan fingerprint density at radius 1 is 1.33 bits per heavy atom. The predicted octanol–water partition coefficient (Wildman–Crippen LogP) is 1.65. The van der Waals surface area contributed by atoms with Crippen molar-refractivity contribution in [3.8, 4) is 0 Å². The average Bonchev–Trinajstić information content (AvgIpc) is 2.17. The second-order valence-corrected chi connectivity index (χ2v) is 2.56. The largest absolute Gasteiger partial charge is 0.328 e. The number of alkyl halides is 1. The van der Waals surface area contributed by atoms with Gasteiger partial charge in [-0.05, 0) is 12.8 Å². The Morgan fingerprint density at radius 3 is 2.00 bits per heavy atom. The van der Waals surface area contributed by atoms with Gasteiger partial charge in [-0.1, -0.05) is 12.8 Å². The van der Waals surface area contributed by atoms with Crippen molar-refractivity contribution in [1.82, 2.24) is 0 Å². The van der Waals surface area contributed by atoms with Crippen LogP contribution in [0, 0.1) is 0 Å². The number of hydrogen-bond acceptors (Lipinski definition) is 1. The van der Waals surface area contributed by atoms with Gasteiger partial charge < -0.3 is 5.73 Å². The molecule has 0 aromatic carbocycles. The van der Waals surface area contributed by atoms with Crippen LogP contribution in [0.4, 0.5) is 4.39 Å². The molecule has 0 aromatic rings. The molecule has 0 bridgehead atoms. The predicted molar refractivity (Wildman–Crippen MR) is 38.6 cm³/mol. The van der Waals surface area contributed by atoms with E-state index < -0.39 is 5.67 Å². The molecule has 1 aliphatic rings.